The second-order valence-electron chi connectivity index (χ2n) is 5.80. The second-order valence-corrected chi connectivity index (χ2v) is 5.80. The van der Waals surface area contributed by atoms with Gasteiger partial charge in [0.15, 0.2) is 11.6 Å². The molecular formula is C14H22FN5. The van der Waals surface area contributed by atoms with Crippen LogP contribution >= 0.6 is 0 Å². The third kappa shape index (κ3) is 2.44. The predicted molar refractivity (Wildman–Crippen MR) is 77.5 cm³/mol. The van der Waals surface area contributed by atoms with Gasteiger partial charge in [-0.1, -0.05) is 0 Å². The lowest BCUT2D eigenvalue weighted by atomic mass is 9.84. The molecule has 1 aromatic heterocycles. The van der Waals surface area contributed by atoms with Crippen LogP contribution < -0.4 is 10.2 Å². The molecule has 0 aromatic carbocycles. The van der Waals surface area contributed by atoms with Crippen molar-refractivity contribution in [1.82, 2.24) is 14.9 Å². The molecule has 0 saturated carbocycles. The van der Waals surface area contributed by atoms with E-state index in [1.807, 2.05) is 0 Å². The van der Waals surface area contributed by atoms with Crippen molar-refractivity contribution in [3.8, 4) is 0 Å². The van der Waals surface area contributed by atoms with Gasteiger partial charge in [0.1, 0.15) is 0 Å². The zero-order valence-electron chi connectivity index (χ0n) is 12.1. The highest BCUT2D eigenvalue weighted by Gasteiger charge is 2.35. The van der Waals surface area contributed by atoms with Crippen molar-refractivity contribution in [3.05, 3.63) is 12.0 Å². The Labute approximate surface area is 119 Å². The third-order valence-electron chi connectivity index (χ3n) is 4.59. The Balaban J connectivity index is 1.79. The molecule has 0 amide bonds. The molecule has 3 rings (SSSR count). The van der Waals surface area contributed by atoms with Crippen LogP contribution in [0.25, 0.3) is 0 Å². The first-order valence-corrected chi connectivity index (χ1v) is 7.34. The number of halogens is 1. The van der Waals surface area contributed by atoms with E-state index < -0.39 is 0 Å². The van der Waals surface area contributed by atoms with Crippen LogP contribution in [0.4, 0.5) is 16.2 Å². The number of nitrogens with one attached hydrogen (secondary N) is 1. The van der Waals surface area contributed by atoms with Gasteiger partial charge in [-0.3, -0.25) is 0 Å². The number of rotatable bonds is 2. The van der Waals surface area contributed by atoms with Crippen molar-refractivity contribution in [2.45, 2.75) is 25.3 Å². The zero-order valence-corrected chi connectivity index (χ0v) is 12.1. The van der Waals surface area contributed by atoms with Crippen LogP contribution in [0.5, 0.6) is 0 Å². The quantitative estimate of drug-likeness (QED) is 0.890. The lowest BCUT2D eigenvalue weighted by Gasteiger charge is -2.46. The molecule has 2 aliphatic heterocycles. The summed E-state index contributed by atoms with van der Waals surface area (Å²) in [5.74, 6) is 1.21. The number of hydrogen-bond donors (Lipinski definition) is 1. The van der Waals surface area contributed by atoms with E-state index in [1.165, 1.54) is 25.6 Å². The van der Waals surface area contributed by atoms with Gasteiger partial charge in [-0.15, -0.1) is 0 Å². The summed E-state index contributed by atoms with van der Waals surface area (Å²) in [6.07, 6.45) is 4.81. The van der Waals surface area contributed by atoms with Gasteiger partial charge >= 0.3 is 0 Å². The highest BCUT2D eigenvalue weighted by Crippen LogP contribution is 2.32. The van der Waals surface area contributed by atoms with Crippen LogP contribution in [0.1, 0.15) is 19.3 Å². The average molecular weight is 279 g/mol. The Morgan fingerprint density at radius 3 is 3.00 bits per heavy atom. The molecule has 2 fully saturated rings. The molecule has 0 radical (unpaired) electrons. The van der Waals surface area contributed by atoms with Crippen LogP contribution in [-0.4, -0.2) is 54.6 Å². The summed E-state index contributed by atoms with van der Waals surface area (Å²) in [4.78, 5) is 12.7. The molecule has 6 heteroatoms. The lowest BCUT2D eigenvalue weighted by Crippen LogP contribution is -2.53. The fourth-order valence-corrected chi connectivity index (χ4v) is 3.55. The van der Waals surface area contributed by atoms with E-state index in [0.717, 1.165) is 19.5 Å². The minimum absolute atomic E-state index is 0.327. The van der Waals surface area contributed by atoms with Gasteiger partial charge in [0.25, 0.3) is 0 Å². The van der Waals surface area contributed by atoms with E-state index >= 15 is 0 Å². The topological polar surface area (TPSA) is 44.3 Å². The molecule has 3 heterocycles. The summed E-state index contributed by atoms with van der Waals surface area (Å²) < 4.78 is 14.0. The van der Waals surface area contributed by atoms with Crippen molar-refractivity contribution in [1.29, 1.82) is 0 Å². The molecule has 20 heavy (non-hydrogen) atoms. The van der Waals surface area contributed by atoms with Crippen molar-refractivity contribution >= 4 is 11.8 Å². The SMILES string of the molecule is CNc1ncc(F)c(N2CCC3C(CCCN3C)C2)n1. The first-order valence-electron chi connectivity index (χ1n) is 7.34. The molecule has 2 saturated heterocycles. The summed E-state index contributed by atoms with van der Waals surface area (Å²) in [6.45, 7) is 2.95. The molecule has 0 spiro atoms. The van der Waals surface area contributed by atoms with Gasteiger partial charge in [-0.2, -0.15) is 4.98 Å². The Morgan fingerprint density at radius 2 is 2.20 bits per heavy atom. The fourth-order valence-electron chi connectivity index (χ4n) is 3.55. The predicted octanol–water partition coefficient (Wildman–Crippen LogP) is 1.58. The average Bonchev–Trinajstić information content (AvgIpc) is 2.48. The molecule has 110 valence electrons. The molecule has 1 aromatic rings. The maximum Gasteiger partial charge on any atom is 0.224 e. The normalized spacial score (nSPS) is 27.2. The zero-order chi connectivity index (χ0) is 14.1. The summed E-state index contributed by atoms with van der Waals surface area (Å²) >= 11 is 0. The van der Waals surface area contributed by atoms with E-state index in [4.69, 9.17) is 0 Å². The van der Waals surface area contributed by atoms with Crippen LogP contribution in [0.2, 0.25) is 0 Å². The van der Waals surface area contributed by atoms with Gasteiger partial charge in [0.2, 0.25) is 5.95 Å². The largest absolute Gasteiger partial charge is 0.357 e. The van der Waals surface area contributed by atoms with Crippen LogP contribution in [0.3, 0.4) is 0 Å². The fraction of sp³-hybridized carbons (Fsp3) is 0.714. The number of piperidine rings is 2. The Hall–Kier alpha value is -1.43. The van der Waals surface area contributed by atoms with Crippen molar-refractivity contribution < 1.29 is 4.39 Å². The number of anilines is 2. The summed E-state index contributed by atoms with van der Waals surface area (Å²) in [6, 6.07) is 0.647. The highest BCUT2D eigenvalue weighted by atomic mass is 19.1. The van der Waals surface area contributed by atoms with E-state index in [2.05, 4.69) is 32.1 Å². The number of fused-ring (bicyclic) bond motifs is 1. The molecule has 2 aliphatic rings. The first-order chi connectivity index (χ1) is 9.69. The van der Waals surface area contributed by atoms with Crippen LogP contribution in [0, 0.1) is 11.7 Å². The minimum Gasteiger partial charge on any atom is -0.357 e. The van der Waals surface area contributed by atoms with Crippen molar-refractivity contribution in [2.24, 2.45) is 5.92 Å². The van der Waals surface area contributed by atoms with Crippen LogP contribution in [0.15, 0.2) is 6.20 Å². The van der Waals surface area contributed by atoms with Crippen LogP contribution in [-0.2, 0) is 0 Å². The van der Waals surface area contributed by atoms with Gasteiger partial charge in [-0.05, 0) is 38.8 Å². The Bertz CT molecular complexity index is 481. The van der Waals surface area contributed by atoms with Gasteiger partial charge in [0.05, 0.1) is 6.20 Å². The Morgan fingerprint density at radius 1 is 1.35 bits per heavy atom. The number of nitrogens with zero attached hydrogens (tertiary/aromatic N) is 4. The van der Waals surface area contributed by atoms with E-state index in [1.54, 1.807) is 7.05 Å². The first kappa shape index (κ1) is 13.5. The van der Waals surface area contributed by atoms with Gasteiger partial charge in [-0.25, -0.2) is 9.37 Å². The van der Waals surface area contributed by atoms with E-state index in [0.29, 0.717) is 23.7 Å². The van der Waals surface area contributed by atoms with Gasteiger partial charge < -0.3 is 15.1 Å². The van der Waals surface area contributed by atoms with Crippen molar-refractivity contribution in [2.75, 3.05) is 43.9 Å². The smallest absolute Gasteiger partial charge is 0.224 e. The molecule has 2 unspecified atom stereocenters. The molecule has 5 nitrogen and oxygen atoms in total. The number of hydrogen-bond acceptors (Lipinski definition) is 5. The maximum atomic E-state index is 14.0. The number of aromatic nitrogens is 2. The van der Waals surface area contributed by atoms with Gasteiger partial charge in [0, 0.05) is 26.2 Å². The lowest BCUT2D eigenvalue weighted by molar-refractivity contribution is 0.102. The van der Waals surface area contributed by atoms with Crippen molar-refractivity contribution in [3.63, 3.8) is 0 Å². The third-order valence-corrected chi connectivity index (χ3v) is 4.59. The maximum absolute atomic E-state index is 14.0. The minimum atomic E-state index is -0.327. The highest BCUT2D eigenvalue weighted by molar-refractivity contribution is 5.44. The molecule has 0 aliphatic carbocycles. The monoisotopic (exact) mass is 279 g/mol. The molecular weight excluding hydrogens is 257 g/mol. The van der Waals surface area contributed by atoms with E-state index in [9.17, 15) is 4.39 Å². The summed E-state index contributed by atoms with van der Waals surface area (Å²) in [7, 11) is 3.95. The molecule has 1 N–H and O–H groups in total. The number of likely N-dealkylation sites (tertiary alicyclic amines) is 1. The summed E-state index contributed by atoms with van der Waals surface area (Å²) in [5, 5.41) is 2.87. The second kappa shape index (κ2) is 5.52. The standard InChI is InChI=1S/C14H22FN5/c1-16-14-17-8-11(15)13(18-14)20-7-5-12-10(9-20)4-3-6-19(12)2/h8,10,12H,3-7,9H2,1-2H3,(H,16,17,18). The Kier molecular flexibility index (Phi) is 3.74. The van der Waals surface area contributed by atoms with E-state index in [-0.39, 0.29) is 5.82 Å². The molecule has 2 atom stereocenters. The summed E-state index contributed by atoms with van der Waals surface area (Å²) in [5.41, 5.74) is 0. The molecule has 0 bridgehead atoms.